The summed E-state index contributed by atoms with van der Waals surface area (Å²) in [5.41, 5.74) is 1.21. The molecule has 0 saturated heterocycles. The minimum atomic E-state index is -0.613. The Morgan fingerprint density at radius 1 is 1.48 bits per heavy atom. The lowest BCUT2D eigenvalue weighted by Gasteiger charge is -2.20. The van der Waals surface area contributed by atoms with E-state index in [1.54, 1.807) is 11.3 Å². The summed E-state index contributed by atoms with van der Waals surface area (Å²) >= 11 is 7.43. The van der Waals surface area contributed by atoms with Gasteiger partial charge in [0.05, 0.1) is 10.6 Å². The number of halogens is 2. The van der Waals surface area contributed by atoms with E-state index in [0.717, 1.165) is 24.6 Å². The zero-order chi connectivity index (χ0) is 16.2. The minimum absolute atomic E-state index is 0.0424. The summed E-state index contributed by atoms with van der Waals surface area (Å²) in [4.78, 5) is 0. The molecule has 1 heterocycles. The maximum absolute atomic E-state index is 13.5. The molecule has 0 bridgehead atoms. The number of rotatable bonds is 7. The molecule has 0 amide bonds. The Bertz CT molecular complexity index is 710. The third kappa shape index (κ3) is 4.23. The predicted molar refractivity (Wildman–Crippen MR) is 89.5 cm³/mol. The van der Waals surface area contributed by atoms with E-state index < -0.39 is 5.82 Å². The average Bonchev–Trinajstić information content (AvgIpc) is 3.20. The number of benzene rings is 1. The van der Waals surface area contributed by atoms with Gasteiger partial charge in [-0.3, -0.25) is 0 Å². The molecule has 0 aliphatic heterocycles. The highest BCUT2D eigenvalue weighted by Crippen LogP contribution is 2.32. The van der Waals surface area contributed by atoms with E-state index in [0.29, 0.717) is 11.8 Å². The molecular weight excluding hydrogens is 335 g/mol. The Hall–Kier alpha value is -1.61. The molecule has 1 unspecified atom stereocenters. The van der Waals surface area contributed by atoms with E-state index in [2.05, 4.69) is 5.32 Å². The van der Waals surface area contributed by atoms with Crippen LogP contribution in [0.1, 0.15) is 36.5 Å². The molecule has 2 aromatic rings. The average molecular weight is 351 g/mol. The molecule has 23 heavy (non-hydrogen) atoms. The van der Waals surface area contributed by atoms with E-state index in [4.69, 9.17) is 16.3 Å². The second-order valence-electron chi connectivity index (χ2n) is 5.55. The van der Waals surface area contributed by atoms with Crippen molar-refractivity contribution in [3.05, 3.63) is 50.9 Å². The normalized spacial score (nSPS) is 15.2. The Labute approximate surface area is 143 Å². The van der Waals surface area contributed by atoms with Crippen molar-refractivity contribution in [2.45, 2.75) is 31.4 Å². The van der Waals surface area contributed by atoms with Crippen molar-refractivity contribution >= 4 is 22.9 Å². The van der Waals surface area contributed by atoms with Crippen LogP contribution in [0.3, 0.4) is 0 Å². The first-order chi connectivity index (χ1) is 11.2. The van der Waals surface area contributed by atoms with Crippen LogP contribution in [0.4, 0.5) is 4.39 Å². The van der Waals surface area contributed by atoms with Gasteiger partial charge >= 0.3 is 0 Å². The number of nitriles is 1. The van der Waals surface area contributed by atoms with Gasteiger partial charge in [-0.2, -0.15) is 16.6 Å². The van der Waals surface area contributed by atoms with Crippen LogP contribution in [0.15, 0.2) is 29.0 Å². The highest BCUT2D eigenvalue weighted by atomic mass is 35.5. The van der Waals surface area contributed by atoms with E-state index in [9.17, 15) is 9.65 Å². The standard InChI is InChI=1S/C17H16ClFN2OS/c18-14-8-17(12(9-20)7-15(14)19)22-16(11-4-6-23-10-11)3-5-21-13-1-2-13/h4,6-8,10,13,16,21H,1-3,5H2. The summed E-state index contributed by atoms with van der Waals surface area (Å²) in [5, 5.41) is 16.6. The molecule has 1 aliphatic carbocycles. The summed E-state index contributed by atoms with van der Waals surface area (Å²) in [6.07, 6.45) is 3.04. The van der Waals surface area contributed by atoms with Crippen molar-refractivity contribution in [2.24, 2.45) is 0 Å². The van der Waals surface area contributed by atoms with E-state index >= 15 is 0 Å². The smallest absolute Gasteiger partial charge is 0.143 e. The fraction of sp³-hybridized carbons (Fsp3) is 0.353. The molecule has 120 valence electrons. The van der Waals surface area contributed by atoms with Gasteiger partial charge in [0, 0.05) is 24.1 Å². The van der Waals surface area contributed by atoms with Gasteiger partial charge in [-0.25, -0.2) is 4.39 Å². The molecule has 0 radical (unpaired) electrons. The predicted octanol–water partition coefficient (Wildman–Crippen LogP) is 4.67. The maximum atomic E-state index is 13.5. The third-order valence-corrected chi connectivity index (χ3v) is 4.74. The Morgan fingerprint density at radius 3 is 2.96 bits per heavy atom. The number of nitrogens with zero attached hydrogens (tertiary/aromatic N) is 1. The Balaban J connectivity index is 1.77. The van der Waals surface area contributed by atoms with Crippen molar-refractivity contribution in [2.75, 3.05) is 6.54 Å². The second kappa shape index (κ2) is 7.31. The van der Waals surface area contributed by atoms with Crippen LogP contribution in [-0.2, 0) is 0 Å². The molecule has 1 fully saturated rings. The summed E-state index contributed by atoms with van der Waals surface area (Å²) in [5.74, 6) is -0.292. The number of ether oxygens (including phenoxy) is 1. The number of nitrogens with one attached hydrogen (secondary N) is 1. The van der Waals surface area contributed by atoms with Gasteiger partial charge in [0.25, 0.3) is 0 Å². The molecule has 1 aliphatic rings. The molecular formula is C17H16ClFN2OS. The molecule has 3 rings (SSSR count). The van der Waals surface area contributed by atoms with E-state index in [1.165, 1.54) is 18.9 Å². The Kier molecular flexibility index (Phi) is 5.16. The topological polar surface area (TPSA) is 45.0 Å². The molecule has 0 spiro atoms. The lowest BCUT2D eigenvalue weighted by Crippen LogP contribution is -2.21. The van der Waals surface area contributed by atoms with Gasteiger partial charge in [0.15, 0.2) is 0 Å². The summed E-state index contributed by atoms with van der Waals surface area (Å²) in [6.45, 7) is 0.835. The van der Waals surface area contributed by atoms with E-state index in [1.807, 2.05) is 22.9 Å². The Morgan fingerprint density at radius 2 is 2.30 bits per heavy atom. The molecule has 1 atom stereocenters. The largest absolute Gasteiger partial charge is 0.484 e. The van der Waals surface area contributed by atoms with Crippen molar-refractivity contribution < 1.29 is 9.13 Å². The lowest BCUT2D eigenvalue weighted by molar-refractivity contribution is 0.193. The zero-order valence-electron chi connectivity index (χ0n) is 12.4. The third-order valence-electron chi connectivity index (χ3n) is 3.74. The van der Waals surface area contributed by atoms with Crippen molar-refractivity contribution in [1.82, 2.24) is 5.32 Å². The molecule has 1 saturated carbocycles. The van der Waals surface area contributed by atoms with Crippen LogP contribution >= 0.6 is 22.9 Å². The molecule has 1 N–H and O–H groups in total. The second-order valence-corrected chi connectivity index (χ2v) is 6.74. The fourth-order valence-corrected chi connectivity index (χ4v) is 3.18. The molecule has 1 aromatic heterocycles. The van der Waals surface area contributed by atoms with Crippen molar-refractivity contribution in [3.63, 3.8) is 0 Å². The van der Waals surface area contributed by atoms with Crippen LogP contribution < -0.4 is 10.1 Å². The first-order valence-corrected chi connectivity index (χ1v) is 8.80. The molecule has 3 nitrogen and oxygen atoms in total. The van der Waals surface area contributed by atoms with Crippen LogP contribution in [0.2, 0.25) is 5.02 Å². The quantitative estimate of drug-likeness (QED) is 0.788. The lowest BCUT2D eigenvalue weighted by atomic mass is 10.1. The number of hydrogen-bond donors (Lipinski definition) is 1. The fourth-order valence-electron chi connectivity index (χ4n) is 2.32. The van der Waals surface area contributed by atoms with Gasteiger partial charge in [0.2, 0.25) is 0 Å². The van der Waals surface area contributed by atoms with Gasteiger partial charge < -0.3 is 10.1 Å². The zero-order valence-corrected chi connectivity index (χ0v) is 14.0. The van der Waals surface area contributed by atoms with Gasteiger partial charge in [-0.15, -0.1) is 0 Å². The maximum Gasteiger partial charge on any atom is 0.143 e. The molecule has 6 heteroatoms. The van der Waals surface area contributed by atoms with Crippen LogP contribution in [0.5, 0.6) is 5.75 Å². The van der Waals surface area contributed by atoms with Crippen molar-refractivity contribution in [3.8, 4) is 11.8 Å². The molecule has 1 aromatic carbocycles. The van der Waals surface area contributed by atoms with Crippen LogP contribution in [0.25, 0.3) is 0 Å². The van der Waals surface area contributed by atoms with Crippen LogP contribution in [0, 0.1) is 17.1 Å². The number of hydrogen-bond acceptors (Lipinski definition) is 4. The summed E-state index contributed by atoms with van der Waals surface area (Å²) in [6, 6.07) is 7.09. The summed E-state index contributed by atoms with van der Waals surface area (Å²) < 4.78 is 19.5. The minimum Gasteiger partial charge on any atom is -0.484 e. The van der Waals surface area contributed by atoms with Crippen LogP contribution in [-0.4, -0.2) is 12.6 Å². The first-order valence-electron chi connectivity index (χ1n) is 7.48. The number of thiophene rings is 1. The van der Waals surface area contributed by atoms with Gasteiger partial charge in [-0.1, -0.05) is 11.6 Å². The van der Waals surface area contributed by atoms with E-state index in [-0.39, 0.29) is 16.7 Å². The monoisotopic (exact) mass is 350 g/mol. The summed E-state index contributed by atoms with van der Waals surface area (Å²) in [7, 11) is 0. The van der Waals surface area contributed by atoms with Gasteiger partial charge in [-0.05, 0) is 42.3 Å². The first kappa shape index (κ1) is 16.3. The highest BCUT2D eigenvalue weighted by Gasteiger charge is 2.22. The SMILES string of the molecule is N#Cc1cc(F)c(Cl)cc1OC(CCNC1CC1)c1ccsc1. The van der Waals surface area contributed by atoms with Crippen molar-refractivity contribution in [1.29, 1.82) is 5.26 Å². The highest BCUT2D eigenvalue weighted by molar-refractivity contribution is 7.07. The van der Waals surface area contributed by atoms with Gasteiger partial charge in [0.1, 0.15) is 23.7 Å².